The Morgan fingerprint density at radius 1 is 0.645 bits per heavy atom. The molecule has 0 radical (unpaired) electrons. The minimum Gasteiger partial charge on any atom is -0.466 e. The first-order valence-electron chi connectivity index (χ1n) is 13.2. The number of alkyl halides is 1. The van der Waals surface area contributed by atoms with Crippen molar-refractivity contribution in [1.82, 2.24) is 0 Å². The Kier molecular flexibility index (Phi) is 26.0. The van der Waals surface area contributed by atoms with Crippen LogP contribution in [0.3, 0.4) is 0 Å². The summed E-state index contributed by atoms with van der Waals surface area (Å²) in [5, 5.41) is 0.962. The average Bonchev–Trinajstić information content (AvgIpc) is 2.77. The van der Waals surface area contributed by atoms with Crippen LogP contribution in [0.2, 0.25) is 0 Å². The summed E-state index contributed by atoms with van der Waals surface area (Å²) in [5.74, 6) is -0.0767. The lowest BCUT2D eigenvalue weighted by atomic mass is 10.1. The number of esters is 1. The van der Waals surface area contributed by atoms with Crippen LogP contribution < -0.4 is 0 Å². The molecule has 0 aromatic heterocycles. The third-order valence-electron chi connectivity index (χ3n) is 5.47. The van der Waals surface area contributed by atoms with E-state index in [1.54, 1.807) is 0 Å². The molecule has 31 heavy (non-hydrogen) atoms. The van der Waals surface area contributed by atoms with Crippen LogP contribution in [0, 0.1) is 0 Å². The van der Waals surface area contributed by atoms with Crippen molar-refractivity contribution < 1.29 is 19.0 Å². The zero-order chi connectivity index (χ0) is 22.8. The van der Waals surface area contributed by atoms with Crippen molar-refractivity contribution in [2.24, 2.45) is 0 Å². The summed E-state index contributed by atoms with van der Waals surface area (Å²) in [5.41, 5.74) is 0. The molecule has 0 atom stereocenters. The van der Waals surface area contributed by atoms with E-state index in [1.807, 2.05) is 0 Å². The highest BCUT2D eigenvalue weighted by Crippen LogP contribution is 2.13. The number of carbonyl (C=O) groups excluding carboxylic acids is 1. The van der Waals surface area contributed by atoms with Crippen molar-refractivity contribution in [3.05, 3.63) is 0 Å². The number of halogens is 1. The van der Waals surface area contributed by atoms with Gasteiger partial charge in [-0.25, -0.2) is 0 Å². The average molecular weight is 508 g/mol. The Morgan fingerprint density at radius 3 is 1.71 bits per heavy atom. The molecule has 0 aliphatic carbocycles. The van der Waals surface area contributed by atoms with Crippen LogP contribution in [-0.4, -0.2) is 37.4 Å². The van der Waals surface area contributed by atoms with Crippen molar-refractivity contribution >= 4 is 21.9 Å². The second-order valence-electron chi connectivity index (χ2n) is 8.57. The summed E-state index contributed by atoms with van der Waals surface area (Å²) in [4.78, 5) is 11.8. The van der Waals surface area contributed by atoms with Crippen LogP contribution in [0.15, 0.2) is 0 Å². The molecule has 0 N–H and O–H groups in total. The molecule has 0 spiro atoms. The van der Waals surface area contributed by atoms with Crippen molar-refractivity contribution in [2.75, 3.05) is 25.2 Å². The Balaban J connectivity index is 3.94. The van der Waals surface area contributed by atoms with Gasteiger partial charge in [0.1, 0.15) is 0 Å². The van der Waals surface area contributed by atoms with E-state index in [1.165, 1.54) is 64.2 Å². The first-order chi connectivity index (χ1) is 15.2. The van der Waals surface area contributed by atoms with Gasteiger partial charge in [-0.2, -0.15) is 0 Å². The lowest BCUT2D eigenvalue weighted by Gasteiger charge is -2.19. The maximum atomic E-state index is 11.8. The highest BCUT2D eigenvalue weighted by molar-refractivity contribution is 9.09. The van der Waals surface area contributed by atoms with Crippen LogP contribution in [0.5, 0.6) is 0 Å². The highest BCUT2D eigenvalue weighted by Gasteiger charge is 2.11. The molecule has 0 amide bonds. The standard InChI is InChI=1S/C26H51BrO4/c1-3-5-7-9-11-16-23-30-26(31-24-17-12-10-8-6-4-2)20-14-13-19-25(28)29-22-18-15-21-27/h26H,3-24H2,1-2H3. The van der Waals surface area contributed by atoms with Crippen molar-refractivity contribution in [3.63, 3.8) is 0 Å². The van der Waals surface area contributed by atoms with Crippen LogP contribution in [-0.2, 0) is 19.0 Å². The first kappa shape index (κ1) is 30.9. The van der Waals surface area contributed by atoms with Gasteiger partial charge in [0.05, 0.1) is 6.61 Å². The summed E-state index contributed by atoms with van der Waals surface area (Å²) in [6, 6.07) is 0. The van der Waals surface area contributed by atoms with Crippen molar-refractivity contribution in [3.8, 4) is 0 Å². The van der Waals surface area contributed by atoms with Crippen LogP contribution in [0.1, 0.15) is 129 Å². The molecule has 0 aliphatic rings. The Morgan fingerprint density at radius 2 is 1.16 bits per heavy atom. The normalized spacial score (nSPS) is 11.4. The molecule has 0 saturated heterocycles. The quantitative estimate of drug-likeness (QED) is 0.0539. The van der Waals surface area contributed by atoms with E-state index >= 15 is 0 Å². The molecule has 0 heterocycles. The summed E-state index contributed by atoms with van der Waals surface area (Å²) < 4.78 is 17.4. The second kappa shape index (κ2) is 26.1. The third-order valence-corrected chi connectivity index (χ3v) is 6.03. The maximum absolute atomic E-state index is 11.8. The van der Waals surface area contributed by atoms with E-state index in [0.29, 0.717) is 13.0 Å². The van der Waals surface area contributed by atoms with E-state index in [0.717, 1.165) is 63.5 Å². The molecule has 0 aromatic rings. The van der Waals surface area contributed by atoms with Gasteiger partial charge in [0.2, 0.25) is 0 Å². The third kappa shape index (κ3) is 24.3. The van der Waals surface area contributed by atoms with E-state index in [4.69, 9.17) is 14.2 Å². The van der Waals surface area contributed by atoms with Crippen LogP contribution >= 0.6 is 15.9 Å². The molecule has 0 aromatic carbocycles. The minimum atomic E-state index is -0.124. The van der Waals surface area contributed by atoms with Crippen LogP contribution in [0.4, 0.5) is 0 Å². The fourth-order valence-corrected chi connectivity index (χ4v) is 3.84. The second-order valence-corrected chi connectivity index (χ2v) is 9.36. The first-order valence-corrected chi connectivity index (χ1v) is 14.3. The van der Waals surface area contributed by atoms with Gasteiger partial charge in [-0.1, -0.05) is 94.0 Å². The minimum absolute atomic E-state index is 0.0767. The van der Waals surface area contributed by atoms with Crippen molar-refractivity contribution in [1.29, 1.82) is 0 Å². The molecular weight excluding hydrogens is 456 g/mol. The van der Waals surface area contributed by atoms with Gasteiger partial charge in [0.15, 0.2) is 6.29 Å². The predicted molar refractivity (Wildman–Crippen MR) is 135 cm³/mol. The van der Waals surface area contributed by atoms with Gasteiger partial charge in [-0.3, -0.25) is 4.79 Å². The number of hydrogen-bond acceptors (Lipinski definition) is 4. The molecule has 4 nitrogen and oxygen atoms in total. The summed E-state index contributed by atoms with van der Waals surface area (Å²) in [7, 11) is 0. The topological polar surface area (TPSA) is 44.8 Å². The molecule has 0 bridgehead atoms. The summed E-state index contributed by atoms with van der Waals surface area (Å²) in [6.07, 6.45) is 20.2. The van der Waals surface area contributed by atoms with Gasteiger partial charge in [-0.15, -0.1) is 0 Å². The molecule has 5 heteroatoms. The van der Waals surface area contributed by atoms with Gasteiger partial charge in [0.25, 0.3) is 0 Å². The highest BCUT2D eigenvalue weighted by atomic mass is 79.9. The number of carbonyl (C=O) groups is 1. The van der Waals surface area contributed by atoms with Gasteiger partial charge in [0, 0.05) is 25.0 Å². The summed E-state index contributed by atoms with van der Waals surface area (Å²) in [6.45, 7) is 6.60. The smallest absolute Gasteiger partial charge is 0.305 e. The monoisotopic (exact) mass is 506 g/mol. The van der Waals surface area contributed by atoms with Crippen molar-refractivity contribution in [2.45, 2.75) is 136 Å². The molecule has 0 unspecified atom stereocenters. The molecule has 186 valence electrons. The van der Waals surface area contributed by atoms with E-state index in [2.05, 4.69) is 29.8 Å². The SMILES string of the molecule is CCCCCCCCOC(CCCCC(=O)OCCCCBr)OCCCCCCCC. The van der Waals surface area contributed by atoms with Crippen LogP contribution in [0.25, 0.3) is 0 Å². The van der Waals surface area contributed by atoms with E-state index in [9.17, 15) is 4.79 Å². The Bertz CT molecular complexity index is 347. The zero-order valence-electron chi connectivity index (χ0n) is 20.6. The predicted octanol–water partition coefficient (Wildman–Crippen LogP) is 8.35. The Labute approximate surface area is 201 Å². The van der Waals surface area contributed by atoms with Gasteiger partial charge >= 0.3 is 5.97 Å². The Hall–Kier alpha value is -0.130. The number of unbranched alkanes of at least 4 members (excludes halogenated alkanes) is 12. The van der Waals surface area contributed by atoms with Gasteiger partial charge < -0.3 is 14.2 Å². The molecule has 0 saturated carbocycles. The largest absolute Gasteiger partial charge is 0.466 e. The maximum Gasteiger partial charge on any atom is 0.305 e. The lowest BCUT2D eigenvalue weighted by Crippen LogP contribution is -2.19. The van der Waals surface area contributed by atoms with E-state index in [-0.39, 0.29) is 12.3 Å². The number of rotatable bonds is 25. The molecule has 0 rings (SSSR count). The van der Waals surface area contributed by atoms with Gasteiger partial charge in [-0.05, 0) is 44.9 Å². The fraction of sp³-hybridized carbons (Fsp3) is 0.962. The lowest BCUT2D eigenvalue weighted by molar-refractivity contribution is -0.149. The molecular formula is C26H51BrO4. The number of hydrogen-bond donors (Lipinski definition) is 0. The fourth-order valence-electron chi connectivity index (χ4n) is 3.44. The zero-order valence-corrected chi connectivity index (χ0v) is 22.2. The molecule has 0 aliphatic heterocycles. The number of ether oxygens (including phenoxy) is 3. The van der Waals surface area contributed by atoms with E-state index < -0.39 is 0 Å². The summed E-state index contributed by atoms with van der Waals surface area (Å²) >= 11 is 3.39. The molecule has 0 fully saturated rings.